The Bertz CT molecular complexity index is 1490. The van der Waals surface area contributed by atoms with E-state index in [0.29, 0.717) is 23.7 Å². The lowest BCUT2D eigenvalue weighted by Crippen LogP contribution is -2.51. The summed E-state index contributed by atoms with van der Waals surface area (Å²) in [6.45, 7) is 7.45. The van der Waals surface area contributed by atoms with Crippen molar-refractivity contribution in [2.45, 2.75) is 45.2 Å². The van der Waals surface area contributed by atoms with Gasteiger partial charge in [-0.15, -0.1) is 0 Å². The molecule has 0 aliphatic rings. The summed E-state index contributed by atoms with van der Waals surface area (Å²) in [4.78, 5) is 28.5. The van der Waals surface area contributed by atoms with Gasteiger partial charge < -0.3 is 24.4 Å². The van der Waals surface area contributed by atoms with Gasteiger partial charge in [0.05, 0.1) is 31.9 Å². The number of nitrogens with zero attached hydrogens (tertiary/aromatic N) is 2. The van der Waals surface area contributed by atoms with Crippen LogP contribution in [0.4, 0.5) is 5.69 Å². The first-order chi connectivity index (χ1) is 20.4. The highest BCUT2D eigenvalue weighted by atomic mass is 32.2. The van der Waals surface area contributed by atoms with Gasteiger partial charge in [-0.3, -0.25) is 13.9 Å². The van der Waals surface area contributed by atoms with Crippen molar-refractivity contribution in [1.29, 1.82) is 0 Å². The molecule has 0 heterocycles. The van der Waals surface area contributed by atoms with Gasteiger partial charge in [0.2, 0.25) is 11.8 Å². The number of aryl methyl sites for hydroxylation is 1. The lowest BCUT2D eigenvalue weighted by Gasteiger charge is -2.32. The Hall–Kier alpha value is -4.25. The summed E-state index contributed by atoms with van der Waals surface area (Å²) in [5.74, 6) is 0.580. The second-order valence-corrected chi connectivity index (χ2v) is 12.4. The van der Waals surface area contributed by atoms with E-state index in [1.807, 2.05) is 20.8 Å². The number of hydrogen-bond donors (Lipinski definition) is 1. The summed E-state index contributed by atoms with van der Waals surface area (Å²) < 4.78 is 45.1. The van der Waals surface area contributed by atoms with Crippen molar-refractivity contribution < 1.29 is 32.2 Å². The van der Waals surface area contributed by atoms with Gasteiger partial charge in [-0.25, -0.2) is 8.42 Å². The van der Waals surface area contributed by atoms with Crippen molar-refractivity contribution in [3.05, 3.63) is 77.9 Å². The third-order valence-electron chi connectivity index (χ3n) is 6.91. The van der Waals surface area contributed by atoms with E-state index in [1.54, 1.807) is 62.6 Å². The standard InChI is InChI=1S/C32H41N3O7S/c1-22(2)19-33-32(37)24(4)34(20-25-10-14-27(40-5)15-11-25)31(36)21-35(26-12-8-23(3)9-13-26)43(38,39)28-16-17-29(41-6)30(18-28)42-7/h8-18,22,24H,19-21H2,1-7H3,(H,33,37)/t24-/m0/s1. The third kappa shape index (κ3) is 8.41. The molecule has 1 N–H and O–H groups in total. The molecule has 0 saturated heterocycles. The number of rotatable bonds is 14. The Kier molecular flexibility index (Phi) is 11.4. The molecule has 0 saturated carbocycles. The van der Waals surface area contributed by atoms with Crippen molar-refractivity contribution in [1.82, 2.24) is 10.2 Å². The topological polar surface area (TPSA) is 114 Å². The van der Waals surface area contributed by atoms with Crippen LogP contribution < -0.4 is 23.8 Å². The first-order valence-electron chi connectivity index (χ1n) is 13.9. The zero-order valence-electron chi connectivity index (χ0n) is 25.8. The number of benzene rings is 3. The maximum atomic E-state index is 14.1. The maximum absolute atomic E-state index is 14.1. The Morgan fingerprint density at radius 2 is 1.47 bits per heavy atom. The van der Waals surface area contributed by atoms with Crippen molar-refractivity contribution in [3.63, 3.8) is 0 Å². The van der Waals surface area contributed by atoms with Crippen LogP contribution in [0.5, 0.6) is 17.2 Å². The summed E-state index contributed by atoms with van der Waals surface area (Å²) in [6.07, 6.45) is 0. The number of amides is 2. The zero-order valence-corrected chi connectivity index (χ0v) is 26.6. The summed E-state index contributed by atoms with van der Waals surface area (Å²) in [7, 11) is 0.163. The average molecular weight is 612 g/mol. The molecule has 10 nitrogen and oxygen atoms in total. The van der Waals surface area contributed by atoms with E-state index in [-0.39, 0.29) is 29.0 Å². The molecule has 3 aromatic carbocycles. The van der Waals surface area contributed by atoms with E-state index in [9.17, 15) is 18.0 Å². The van der Waals surface area contributed by atoms with Gasteiger partial charge in [-0.2, -0.15) is 0 Å². The summed E-state index contributed by atoms with van der Waals surface area (Å²) in [5.41, 5.74) is 1.98. The number of carbonyl (C=O) groups excluding carboxylic acids is 2. The molecule has 3 aromatic rings. The molecular weight excluding hydrogens is 570 g/mol. The Labute approximate surface area is 254 Å². The quantitative estimate of drug-likeness (QED) is 0.287. The van der Waals surface area contributed by atoms with Gasteiger partial charge in [-0.05, 0) is 61.7 Å². The molecule has 43 heavy (non-hydrogen) atoms. The molecular formula is C32H41N3O7S. The fourth-order valence-corrected chi connectivity index (χ4v) is 5.74. The van der Waals surface area contributed by atoms with Gasteiger partial charge in [-0.1, -0.05) is 43.7 Å². The fraction of sp³-hybridized carbons (Fsp3) is 0.375. The molecule has 0 unspecified atom stereocenters. The normalized spacial score (nSPS) is 11.9. The minimum absolute atomic E-state index is 0.0806. The lowest BCUT2D eigenvalue weighted by molar-refractivity contribution is -0.139. The van der Waals surface area contributed by atoms with Gasteiger partial charge >= 0.3 is 0 Å². The van der Waals surface area contributed by atoms with Gasteiger partial charge in [0.1, 0.15) is 18.3 Å². The Morgan fingerprint density at radius 3 is 2.02 bits per heavy atom. The average Bonchev–Trinajstić information content (AvgIpc) is 3.01. The number of ether oxygens (including phenoxy) is 3. The molecule has 0 aromatic heterocycles. The van der Waals surface area contributed by atoms with E-state index in [1.165, 1.54) is 37.3 Å². The molecule has 0 fully saturated rings. The van der Waals surface area contributed by atoms with Crippen LogP contribution in [-0.2, 0) is 26.2 Å². The van der Waals surface area contributed by atoms with E-state index in [2.05, 4.69) is 5.32 Å². The number of hydrogen-bond acceptors (Lipinski definition) is 7. The van der Waals surface area contributed by atoms with Crippen LogP contribution in [0.25, 0.3) is 0 Å². The minimum Gasteiger partial charge on any atom is -0.497 e. The van der Waals surface area contributed by atoms with E-state index in [4.69, 9.17) is 14.2 Å². The van der Waals surface area contributed by atoms with Crippen molar-refractivity contribution in [3.8, 4) is 17.2 Å². The number of anilines is 1. The van der Waals surface area contributed by atoms with Gasteiger partial charge in [0.25, 0.3) is 10.0 Å². The highest BCUT2D eigenvalue weighted by Gasteiger charge is 2.33. The number of carbonyl (C=O) groups is 2. The molecule has 0 radical (unpaired) electrons. The summed E-state index contributed by atoms with van der Waals surface area (Å²) in [5, 5.41) is 2.88. The summed E-state index contributed by atoms with van der Waals surface area (Å²) in [6, 6.07) is 17.4. The monoisotopic (exact) mass is 611 g/mol. The number of sulfonamides is 1. The van der Waals surface area contributed by atoms with Crippen LogP contribution in [0.3, 0.4) is 0 Å². The molecule has 0 aliphatic heterocycles. The van der Waals surface area contributed by atoms with Gasteiger partial charge in [0.15, 0.2) is 11.5 Å². The Balaban J connectivity index is 2.04. The highest BCUT2D eigenvalue weighted by Crippen LogP contribution is 2.32. The Morgan fingerprint density at radius 1 is 0.837 bits per heavy atom. The smallest absolute Gasteiger partial charge is 0.264 e. The van der Waals surface area contributed by atoms with Crippen molar-refractivity contribution in [2.24, 2.45) is 5.92 Å². The molecule has 1 atom stereocenters. The maximum Gasteiger partial charge on any atom is 0.264 e. The fourth-order valence-electron chi connectivity index (χ4n) is 4.31. The minimum atomic E-state index is -4.27. The summed E-state index contributed by atoms with van der Waals surface area (Å²) >= 11 is 0. The van der Waals surface area contributed by atoms with Crippen molar-refractivity contribution in [2.75, 3.05) is 38.7 Å². The van der Waals surface area contributed by atoms with E-state index < -0.39 is 28.5 Å². The van der Waals surface area contributed by atoms with Crippen molar-refractivity contribution >= 4 is 27.5 Å². The first-order valence-corrected chi connectivity index (χ1v) is 15.4. The molecule has 0 bridgehead atoms. The van der Waals surface area contributed by atoms with Crippen LogP contribution in [0.15, 0.2) is 71.6 Å². The molecule has 0 aliphatic carbocycles. The van der Waals surface area contributed by atoms with Crippen LogP contribution in [0.2, 0.25) is 0 Å². The van der Waals surface area contributed by atoms with Gasteiger partial charge in [0, 0.05) is 19.2 Å². The van der Waals surface area contributed by atoms with Crippen LogP contribution in [-0.4, -0.2) is 65.6 Å². The highest BCUT2D eigenvalue weighted by molar-refractivity contribution is 7.92. The SMILES string of the molecule is COc1ccc(CN(C(=O)CN(c2ccc(C)cc2)S(=O)(=O)c2ccc(OC)c(OC)c2)[C@@H](C)C(=O)NCC(C)C)cc1. The van der Waals surface area contributed by atoms with Crippen LogP contribution in [0, 0.1) is 12.8 Å². The number of methoxy groups -OCH3 is 3. The lowest BCUT2D eigenvalue weighted by atomic mass is 10.1. The second kappa shape index (κ2) is 14.8. The molecule has 3 rings (SSSR count). The first kappa shape index (κ1) is 33.3. The molecule has 11 heteroatoms. The van der Waals surface area contributed by atoms with E-state index >= 15 is 0 Å². The molecule has 2 amide bonds. The predicted octanol–water partition coefficient (Wildman–Crippen LogP) is 4.41. The largest absolute Gasteiger partial charge is 0.497 e. The van der Waals surface area contributed by atoms with E-state index in [0.717, 1.165) is 15.4 Å². The van der Waals surface area contributed by atoms with Crippen LogP contribution in [0.1, 0.15) is 31.9 Å². The molecule has 0 spiro atoms. The molecule has 232 valence electrons. The third-order valence-corrected chi connectivity index (χ3v) is 8.68. The zero-order chi connectivity index (χ0) is 31.7. The van der Waals surface area contributed by atoms with Crippen LogP contribution >= 0.6 is 0 Å². The second-order valence-electron chi connectivity index (χ2n) is 10.5. The number of nitrogens with one attached hydrogen (secondary N) is 1. The predicted molar refractivity (Wildman–Crippen MR) is 166 cm³/mol.